The number of rotatable bonds is 8. The van der Waals surface area contributed by atoms with E-state index in [0.717, 1.165) is 23.4 Å². The summed E-state index contributed by atoms with van der Waals surface area (Å²) in [4.78, 5) is 20.2. The third-order valence-electron chi connectivity index (χ3n) is 2.14. The molecule has 0 unspecified atom stereocenters. The quantitative estimate of drug-likeness (QED) is 0.462. The molecule has 0 fully saturated rings. The van der Waals surface area contributed by atoms with Gasteiger partial charge in [-0.15, -0.1) is 0 Å². The second-order valence-electron chi connectivity index (χ2n) is 3.30. The van der Waals surface area contributed by atoms with Gasteiger partial charge in [0.05, 0.1) is 6.61 Å². The molecule has 1 aromatic rings. The summed E-state index contributed by atoms with van der Waals surface area (Å²) in [6.07, 6.45) is 0. The van der Waals surface area contributed by atoms with Gasteiger partial charge in [0.1, 0.15) is 6.61 Å². The normalized spacial score (nSPS) is 8.94. The van der Waals surface area contributed by atoms with Gasteiger partial charge in [-0.25, -0.2) is 0 Å². The van der Waals surface area contributed by atoms with Crippen molar-refractivity contribution in [1.82, 2.24) is 0 Å². The SMILES string of the molecule is CCNc1ccc(CO[C-]=O)cc1COC=O.[Th]. The van der Waals surface area contributed by atoms with E-state index in [4.69, 9.17) is 4.74 Å². The van der Waals surface area contributed by atoms with Crippen molar-refractivity contribution in [2.24, 2.45) is 0 Å². The van der Waals surface area contributed by atoms with Crippen molar-refractivity contribution in [1.29, 1.82) is 0 Å². The second-order valence-corrected chi connectivity index (χ2v) is 3.30. The third kappa shape index (κ3) is 5.75. The summed E-state index contributed by atoms with van der Waals surface area (Å²) in [5.74, 6) is 0. The minimum Gasteiger partial charge on any atom is -0.650 e. The van der Waals surface area contributed by atoms with Gasteiger partial charge in [-0.2, -0.15) is 0 Å². The molecule has 0 atom stereocenters. The summed E-state index contributed by atoms with van der Waals surface area (Å²) < 4.78 is 9.27. The first-order valence-corrected chi connectivity index (χ1v) is 5.21. The minimum atomic E-state index is 0. The van der Waals surface area contributed by atoms with Crippen LogP contribution in [0.1, 0.15) is 18.1 Å². The van der Waals surface area contributed by atoms with Crippen LogP contribution in [-0.4, -0.2) is 19.5 Å². The zero-order valence-corrected chi connectivity index (χ0v) is 14.2. The second kappa shape index (κ2) is 10.2. The molecule has 0 aromatic heterocycles. The van der Waals surface area contributed by atoms with E-state index in [1.165, 1.54) is 6.47 Å². The number of ether oxygens (including phenoxy) is 2. The predicted octanol–water partition coefficient (Wildman–Crippen LogP) is 1.38. The number of anilines is 1. The molecule has 1 N–H and O–H groups in total. The van der Waals surface area contributed by atoms with Crippen molar-refractivity contribution in [2.45, 2.75) is 20.1 Å². The van der Waals surface area contributed by atoms with Gasteiger partial charge in [0.2, 0.25) is 0 Å². The molecular weight excluding hydrogens is 454 g/mol. The number of carbonyl (C=O) groups is 1. The number of nitrogens with one attached hydrogen (secondary N) is 1. The smallest absolute Gasteiger partial charge is 0.293 e. The fourth-order valence-electron chi connectivity index (χ4n) is 1.46. The molecule has 0 heterocycles. The largest absolute Gasteiger partial charge is 0.650 e. The molecule has 0 saturated carbocycles. The summed E-state index contributed by atoms with van der Waals surface area (Å²) in [6, 6.07) is 5.51. The van der Waals surface area contributed by atoms with Crippen molar-refractivity contribution in [3.63, 3.8) is 0 Å². The summed E-state index contributed by atoms with van der Waals surface area (Å²) in [5, 5.41) is 3.15. The predicted molar refractivity (Wildman–Crippen MR) is 61.9 cm³/mol. The van der Waals surface area contributed by atoms with Crippen LogP contribution in [-0.2, 0) is 32.3 Å². The molecule has 0 aliphatic rings. The first-order chi connectivity index (χ1) is 8.31. The van der Waals surface area contributed by atoms with E-state index < -0.39 is 0 Å². The Morgan fingerprint density at radius 2 is 2.17 bits per heavy atom. The monoisotopic (exact) mass is 468 g/mol. The van der Waals surface area contributed by atoms with E-state index >= 15 is 0 Å². The summed E-state index contributed by atoms with van der Waals surface area (Å²) >= 11 is 0. The van der Waals surface area contributed by atoms with Gasteiger partial charge in [-0.1, -0.05) is 12.5 Å². The molecule has 0 spiro atoms. The Bertz CT molecular complexity index is 384. The average molecular weight is 468 g/mol. The Morgan fingerprint density at radius 1 is 1.39 bits per heavy atom. The Labute approximate surface area is 138 Å². The Balaban J connectivity index is 0.00000289. The number of hydrogen-bond acceptors (Lipinski definition) is 5. The molecule has 1 aromatic carbocycles. The van der Waals surface area contributed by atoms with Crippen LogP contribution in [0.5, 0.6) is 0 Å². The van der Waals surface area contributed by atoms with Crippen LogP contribution in [0.25, 0.3) is 0 Å². The van der Waals surface area contributed by atoms with Crippen molar-refractivity contribution in [3.05, 3.63) is 29.3 Å². The molecule has 18 heavy (non-hydrogen) atoms. The number of carbonyl (C=O) groups excluding carboxylic acids is 2. The van der Waals surface area contributed by atoms with Crippen LogP contribution in [0.4, 0.5) is 5.69 Å². The summed E-state index contributed by atoms with van der Waals surface area (Å²) in [7, 11) is 0. The zero-order chi connectivity index (χ0) is 12.5. The van der Waals surface area contributed by atoms with Gasteiger partial charge >= 0.3 is 0 Å². The van der Waals surface area contributed by atoms with Crippen molar-refractivity contribution >= 4 is 18.6 Å². The van der Waals surface area contributed by atoms with Gasteiger partial charge in [-0.3, -0.25) is 4.79 Å². The van der Waals surface area contributed by atoms with E-state index in [2.05, 4.69) is 10.1 Å². The Hall–Kier alpha value is -0.715. The van der Waals surface area contributed by atoms with Gasteiger partial charge in [-0.05, 0) is 24.6 Å². The fourth-order valence-corrected chi connectivity index (χ4v) is 1.46. The van der Waals surface area contributed by atoms with Crippen LogP contribution in [0, 0.1) is 39.9 Å². The Morgan fingerprint density at radius 3 is 2.78 bits per heavy atom. The maximum absolute atomic E-state index is 10.2. The number of benzene rings is 1. The topological polar surface area (TPSA) is 64.6 Å². The van der Waals surface area contributed by atoms with Crippen LogP contribution in [0.15, 0.2) is 18.2 Å². The maximum Gasteiger partial charge on any atom is 0.293 e. The van der Waals surface area contributed by atoms with E-state index in [9.17, 15) is 9.59 Å². The fraction of sp³-hybridized carbons (Fsp3) is 0.333. The van der Waals surface area contributed by atoms with Crippen molar-refractivity contribution in [3.8, 4) is 0 Å². The molecule has 0 aliphatic carbocycles. The van der Waals surface area contributed by atoms with Gasteiger partial charge in [0.15, 0.2) is 0 Å². The first kappa shape index (κ1) is 17.3. The van der Waals surface area contributed by atoms with E-state index in [0.29, 0.717) is 6.47 Å². The molecule has 0 saturated heterocycles. The summed E-state index contributed by atoms with van der Waals surface area (Å²) in [5.41, 5.74) is 2.55. The van der Waals surface area contributed by atoms with E-state index in [1.54, 1.807) is 0 Å². The molecular formula is C12H14NO4Th-. The molecule has 1 rings (SSSR count). The molecule has 0 bridgehead atoms. The molecule has 0 radical (unpaired) electrons. The molecule has 0 aliphatic heterocycles. The molecule has 5 nitrogen and oxygen atoms in total. The van der Waals surface area contributed by atoms with Crippen molar-refractivity contribution < 1.29 is 59.0 Å². The molecule has 6 heteroatoms. The van der Waals surface area contributed by atoms with E-state index in [-0.39, 0.29) is 53.2 Å². The van der Waals surface area contributed by atoms with Crippen LogP contribution >= 0.6 is 0 Å². The molecule has 96 valence electrons. The zero-order valence-electron chi connectivity index (χ0n) is 10.1. The van der Waals surface area contributed by atoms with Crippen molar-refractivity contribution in [2.75, 3.05) is 11.9 Å². The minimum absolute atomic E-state index is 0. The van der Waals surface area contributed by atoms with Crippen LogP contribution in [0.2, 0.25) is 0 Å². The number of hydrogen-bond donors (Lipinski definition) is 1. The van der Waals surface area contributed by atoms with Gasteiger partial charge < -0.3 is 19.6 Å². The van der Waals surface area contributed by atoms with Gasteiger partial charge in [0, 0.05) is 57.7 Å². The van der Waals surface area contributed by atoms with Gasteiger partial charge in [0.25, 0.3) is 6.47 Å². The maximum atomic E-state index is 10.2. The summed E-state index contributed by atoms with van der Waals surface area (Å²) in [6.45, 7) is 4.85. The van der Waals surface area contributed by atoms with Crippen LogP contribution < -0.4 is 5.32 Å². The average Bonchev–Trinajstić information content (AvgIpc) is 2.36. The Kier molecular flexibility index (Phi) is 9.82. The third-order valence-corrected chi connectivity index (χ3v) is 2.14. The van der Waals surface area contributed by atoms with E-state index in [1.807, 2.05) is 25.1 Å². The molecule has 0 amide bonds. The van der Waals surface area contributed by atoms with Crippen LogP contribution in [0.3, 0.4) is 0 Å². The first-order valence-electron chi connectivity index (χ1n) is 5.21. The standard InChI is InChI=1S/C12H14NO4.Th/c1-2-13-12-4-3-10(6-16-8-14)5-11(12)7-17-9-15;/h3-5,9,13H,2,6-7H2,1H3;/q-1;.